The van der Waals surface area contributed by atoms with Crippen molar-refractivity contribution in [2.24, 2.45) is 0 Å². The number of fused-ring (bicyclic) bond motifs is 3. The van der Waals surface area contributed by atoms with Gasteiger partial charge in [-0.05, 0) is 48.5 Å². The average molecular weight is 413 g/mol. The number of hydrogen-bond donors (Lipinski definition) is 1. The minimum Gasteiger partial charge on any atom is -0.325 e. The molecule has 0 aliphatic heterocycles. The molecule has 0 fully saturated rings. The van der Waals surface area contributed by atoms with Gasteiger partial charge in [0.05, 0.1) is 16.7 Å². The number of aromatic nitrogens is 4. The van der Waals surface area contributed by atoms with Crippen molar-refractivity contribution in [3.8, 4) is 11.3 Å². The number of para-hydroxylation sites is 2. The SMILES string of the molecule is O=C(Cn1c2ccccc2n2c(=O)cc(-c3ccncc3)nc12)Nc1ccc(F)cc1. The van der Waals surface area contributed by atoms with Crippen LogP contribution in [0.5, 0.6) is 0 Å². The third-order valence-corrected chi connectivity index (χ3v) is 4.96. The Labute approximate surface area is 175 Å². The quantitative estimate of drug-likeness (QED) is 0.489. The van der Waals surface area contributed by atoms with E-state index >= 15 is 0 Å². The number of rotatable bonds is 4. The van der Waals surface area contributed by atoms with E-state index in [0.717, 1.165) is 5.56 Å². The van der Waals surface area contributed by atoms with Gasteiger partial charge in [-0.25, -0.2) is 13.8 Å². The highest BCUT2D eigenvalue weighted by atomic mass is 19.1. The smallest absolute Gasteiger partial charge is 0.260 e. The molecule has 1 amide bonds. The van der Waals surface area contributed by atoms with Crippen molar-refractivity contribution in [1.82, 2.24) is 18.9 Å². The van der Waals surface area contributed by atoms with E-state index in [4.69, 9.17) is 0 Å². The molecule has 31 heavy (non-hydrogen) atoms. The van der Waals surface area contributed by atoms with Crippen LogP contribution in [0.15, 0.2) is 83.9 Å². The molecular weight excluding hydrogens is 397 g/mol. The number of nitrogens with one attached hydrogen (secondary N) is 1. The van der Waals surface area contributed by atoms with Crippen LogP contribution in [-0.2, 0) is 11.3 Å². The summed E-state index contributed by atoms with van der Waals surface area (Å²) in [5.41, 5.74) is 2.84. The van der Waals surface area contributed by atoms with Gasteiger partial charge in [-0.15, -0.1) is 0 Å². The third kappa shape index (κ3) is 3.44. The molecule has 0 saturated carbocycles. The number of imidazole rings is 1. The van der Waals surface area contributed by atoms with Crippen molar-refractivity contribution < 1.29 is 9.18 Å². The Morgan fingerprint density at radius 3 is 2.42 bits per heavy atom. The van der Waals surface area contributed by atoms with Gasteiger partial charge in [-0.2, -0.15) is 0 Å². The van der Waals surface area contributed by atoms with Crippen LogP contribution in [0.1, 0.15) is 0 Å². The molecule has 1 N–H and O–H groups in total. The standard InChI is InChI=1S/C23H16FN5O2/c24-16-5-7-17(8-6-16)26-21(30)14-28-19-3-1-2-4-20(19)29-22(31)13-18(27-23(28)29)15-9-11-25-12-10-15/h1-13H,14H2,(H,26,30). The molecule has 0 radical (unpaired) electrons. The first-order chi connectivity index (χ1) is 15.1. The van der Waals surface area contributed by atoms with Crippen LogP contribution in [0.4, 0.5) is 10.1 Å². The molecule has 0 bridgehead atoms. The van der Waals surface area contributed by atoms with E-state index < -0.39 is 0 Å². The maximum absolute atomic E-state index is 13.1. The molecule has 3 aromatic heterocycles. The van der Waals surface area contributed by atoms with Gasteiger partial charge in [0.25, 0.3) is 5.56 Å². The van der Waals surface area contributed by atoms with Gasteiger partial charge >= 0.3 is 0 Å². The molecule has 7 nitrogen and oxygen atoms in total. The zero-order valence-corrected chi connectivity index (χ0v) is 16.2. The molecule has 152 valence electrons. The van der Waals surface area contributed by atoms with Crippen molar-refractivity contribution in [3.63, 3.8) is 0 Å². The lowest BCUT2D eigenvalue weighted by molar-refractivity contribution is -0.116. The minimum absolute atomic E-state index is 0.0688. The summed E-state index contributed by atoms with van der Waals surface area (Å²) in [6.45, 7) is -0.0688. The highest BCUT2D eigenvalue weighted by Gasteiger charge is 2.17. The number of amides is 1. The Kier molecular flexibility index (Phi) is 4.51. The van der Waals surface area contributed by atoms with Crippen molar-refractivity contribution in [1.29, 1.82) is 0 Å². The first-order valence-electron chi connectivity index (χ1n) is 9.57. The Morgan fingerprint density at radius 2 is 1.68 bits per heavy atom. The molecule has 8 heteroatoms. The highest BCUT2D eigenvalue weighted by molar-refractivity contribution is 5.92. The van der Waals surface area contributed by atoms with Crippen LogP contribution in [0.2, 0.25) is 0 Å². The van der Waals surface area contributed by atoms with Crippen molar-refractivity contribution in [2.45, 2.75) is 6.54 Å². The predicted molar refractivity (Wildman–Crippen MR) is 115 cm³/mol. The topological polar surface area (TPSA) is 81.3 Å². The fraction of sp³-hybridized carbons (Fsp3) is 0.0435. The zero-order valence-electron chi connectivity index (χ0n) is 16.2. The molecule has 5 aromatic rings. The normalized spacial score (nSPS) is 11.1. The van der Waals surface area contributed by atoms with E-state index in [2.05, 4.69) is 15.3 Å². The molecule has 0 aliphatic rings. The number of carbonyl (C=O) groups is 1. The summed E-state index contributed by atoms with van der Waals surface area (Å²) in [7, 11) is 0. The van der Waals surface area contributed by atoms with Gasteiger partial charge in [0.1, 0.15) is 12.4 Å². The molecule has 0 atom stereocenters. The summed E-state index contributed by atoms with van der Waals surface area (Å²) in [6, 6.07) is 17.9. The summed E-state index contributed by atoms with van der Waals surface area (Å²) >= 11 is 0. The van der Waals surface area contributed by atoms with Gasteiger partial charge < -0.3 is 9.88 Å². The van der Waals surface area contributed by atoms with Crippen LogP contribution in [-0.4, -0.2) is 24.8 Å². The monoisotopic (exact) mass is 413 g/mol. The number of anilines is 1. The highest BCUT2D eigenvalue weighted by Crippen LogP contribution is 2.21. The fourth-order valence-electron chi connectivity index (χ4n) is 3.57. The predicted octanol–water partition coefficient (Wildman–Crippen LogP) is 3.49. The average Bonchev–Trinajstić information content (AvgIpc) is 3.10. The first kappa shape index (κ1) is 18.7. The van der Waals surface area contributed by atoms with Gasteiger partial charge in [0, 0.05) is 29.7 Å². The van der Waals surface area contributed by atoms with Crippen LogP contribution in [0.25, 0.3) is 28.1 Å². The first-order valence-corrected chi connectivity index (χ1v) is 9.57. The van der Waals surface area contributed by atoms with Gasteiger partial charge in [0.15, 0.2) is 0 Å². The van der Waals surface area contributed by atoms with Crippen molar-refractivity contribution >= 4 is 28.4 Å². The van der Waals surface area contributed by atoms with Gasteiger partial charge in [0.2, 0.25) is 11.7 Å². The van der Waals surface area contributed by atoms with E-state index in [1.54, 1.807) is 29.1 Å². The number of carbonyl (C=O) groups excluding carboxylic acids is 1. The summed E-state index contributed by atoms with van der Waals surface area (Å²) in [5, 5.41) is 2.75. The Balaban J connectivity index is 1.63. The van der Waals surface area contributed by atoms with Crippen LogP contribution in [0.3, 0.4) is 0 Å². The molecule has 0 aliphatic carbocycles. The number of hydrogen-bond acceptors (Lipinski definition) is 4. The minimum atomic E-state index is -0.382. The van der Waals surface area contributed by atoms with E-state index in [-0.39, 0.29) is 23.8 Å². The maximum Gasteiger partial charge on any atom is 0.260 e. The molecule has 3 heterocycles. The Bertz CT molecular complexity index is 1470. The lowest BCUT2D eigenvalue weighted by Gasteiger charge is -2.08. The van der Waals surface area contributed by atoms with Gasteiger partial charge in [-0.1, -0.05) is 12.1 Å². The van der Waals surface area contributed by atoms with Crippen LogP contribution >= 0.6 is 0 Å². The third-order valence-electron chi connectivity index (χ3n) is 4.96. The summed E-state index contributed by atoms with van der Waals surface area (Å²) in [5.74, 6) is -0.346. The second kappa shape index (κ2) is 7.49. The zero-order chi connectivity index (χ0) is 21.4. The largest absolute Gasteiger partial charge is 0.325 e. The maximum atomic E-state index is 13.1. The molecule has 0 saturated heterocycles. The van der Waals surface area contributed by atoms with E-state index in [1.165, 1.54) is 34.7 Å². The van der Waals surface area contributed by atoms with Crippen LogP contribution in [0, 0.1) is 5.82 Å². The molecule has 2 aromatic carbocycles. The molecule has 0 unspecified atom stereocenters. The van der Waals surface area contributed by atoms with Crippen molar-refractivity contribution in [3.05, 3.63) is 95.3 Å². The number of pyridine rings is 1. The molecular formula is C23H16FN5O2. The van der Waals surface area contributed by atoms with Gasteiger partial charge in [-0.3, -0.25) is 14.6 Å². The fourth-order valence-corrected chi connectivity index (χ4v) is 3.57. The lowest BCUT2D eigenvalue weighted by Crippen LogP contribution is -2.20. The summed E-state index contributed by atoms with van der Waals surface area (Å²) in [6.07, 6.45) is 3.26. The molecule has 0 spiro atoms. The van der Waals surface area contributed by atoms with Crippen LogP contribution < -0.4 is 10.9 Å². The number of nitrogens with zero attached hydrogens (tertiary/aromatic N) is 4. The second-order valence-electron chi connectivity index (χ2n) is 6.98. The number of benzene rings is 2. The van der Waals surface area contributed by atoms with E-state index in [0.29, 0.717) is 28.2 Å². The number of halogens is 1. The lowest BCUT2D eigenvalue weighted by atomic mass is 10.2. The van der Waals surface area contributed by atoms with Crippen molar-refractivity contribution in [2.75, 3.05) is 5.32 Å². The summed E-state index contributed by atoms with van der Waals surface area (Å²) < 4.78 is 16.3. The Morgan fingerprint density at radius 1 is 0.968 bits per heavy atom. The molecule has 5 rings (SSSR count). The second-order valence-corrected chi connectivity index (χ2v) is 6.98. The Hall–Kier alpha value is -4.33. The van der Waals surface area contributed by atoms with E-state index in [1.807, 2.05) is 24.3 Å². The summed E-state index contributed by atoms with van der Waals surface area (Å²) in [4.78, 5) is 34.4. The van der Waals surface area contributed by atoms with E-state index in [9.17, 15) is 14.0 Å².